The average molecular weight is 563 g/mol. The molecule has 1 aliphatic carbocycles. The number of methoxy groups -OCH3 is 1. The summed E-state index contributed by atoms with van der Waals surface area (Å²) in [5.74, 6) is 1.33. The number of benzene rings is 2. The van der Waals surface area contributed by atoms with Crippen molar-refractivity contribution < 1.29 is 19.1 Å². The molecule has 2 aromatic carbocycles. The minimum atomic E-state index is -0.247. The largest absolute Gasteiger partial charge is 0.497 e. The van der Waals surface area contributed by atoms with Crippen molar-refractivity contribution in [2.75, 3.05) is 33.8 Å². The van der Waals surface area contributed by atoms with Crippen LogP contribution in [0.15, 0.2) is 54.6 Å². The number of fused-ring (bicyclic) bond motifs is 1. The van der Waals surface area contributed by atoms with Crippen molar-refractivity contribution in [3.05, 3.63) is 65.7 Å². The van der Waals surface area contributed by atoms with Gasteiger partial charge in [0.25, 0.3) is 0 Å². The normalized spacial score (nSPS) is 24.5. The van der Waals surface area contributed by atoms with Gasteiger partial charge in [-0.1, -0.05) is 62.7 Å². The Morgan fingerprint density at radius 3 is 2.56 bits per heavy atom. The molecule has 4 rings (SSSR count). The Kier molecular flexibility index (Phi) is 10.9. The van der Waals surface area contributed by atoms with Crippen molar-refractivity contribution >= 4 is 11.9 Å². The molecule has 2 fully saturated rings. The number of amides is 1. The molecule has 0 bridgehead atoms. The van der Waals surface area contributed by atoms with Gasteiger partial charge in [-0.3, -0.25) is 9.59 Å². The number of nitrogens with zero attached hydrogens (tertiary/aromatic N) is 2. The van der Waals surface area contributed by atoms with E-state index in [2.05, 4.69) is 79.2 Å². The first kappa shape index (κ1) is 31.1. The number of carbonyl (C=O) groups excluding carboxylic acids is 2. The summed E-state index contributed by atoms with van der Waals surface area (Å²) in [7, 11) is 3.86. The Morgan fingerprint density at radius 2 is 1.85 bits per heavy atom. The molecule has 224 valence electrons. The van der Waals surface area contributed by atoms with Crippen LogP contribution in [0.1, 0.15) is 76.8 Å². The first-order chi connectivity index (χ1) is 19.7. The monoisotopic (exact) mass is 562 g/mol. The van der Waals surface area contributed by atoms with Gasteiger partial charge in [0.2, 0.25) is 5.91 Å². The number of carbonyl (C=O) groups is 2. The third kappa shape index (κ3) is 7.91. The second-order valence-electron chi connectivity index (χ2n) is 12.7. The van der Waals surface area contributed by atoms with Gasteiger partial charge in [-0.2, -0.15) is 0 Å². The van der Waals surface area contributed by atoms with E-state index < -0.39 is 0 Å². The highest BCUT2D eigenvalue weighted by atomic mass is 16.5. The zero-order chi connectivity index (χ0) is 29.4. The molecule has 0 radical (unpaired) electrons. The van der Waals surface area contributed by atoms with Gasteiger partial charge in [-0.25, -0.2) is 0 Å². The molecule has 1 amide bonds. The molecule has 2 aliphatic rings. The minimum Gasteiger partial charge on any atom is -0.497 e. The van der Waals surface area contributed by atoms with Gasteiger partial charge >= 0.3 is 5.97 Å². The Hall–Kier alpha value is -2.86. The highest BCUT2D eigenvalue weighted by Gasteiger charge is 2.54. The summed E-state index contributed by atoms with van der Waals surface area (Å²) in [6.07, 6.45) is 6.93. The molecular formula is C35H50N2O4. The predicted molar refractivity (Wildman–Crippen MR) is 164 cm³/mol. The maximum atomic E-state index is 13.9. The van der Waals surface area contributed by atoms with Crippen LogP contribution >= 0.6 is 0 Å². The number of esters is 1. The van der Waals surface area contributed by atoms with Gasteiger partial charge < -0.3 is 19.3 Å². The lowest BCUT2D eigenvalue weighted by molar-refractivity contribution is -0.161. The molecule has 1 saturated heterocycles. The number of piperidine rings is 1. The van der Waals surface area contributed by atoms with Crippen LogP contribution in [0.25, 0.3) is 0 Å². The third-order valence-corrected chi connectivity index (χ3v) is 9.19. The summed E-state index contributed by atoms with van der Waals surface area (Å²) in [5.41, 5.74) is 2.39. The van der Waals surface area contributed by atoms with Crippen LogP contribution in [0.3, 0.4) is 0 Å². The zero-order valence-corrected chi connectivity index (χ0v) is 25.8. The second-order valence-corrected chi connectivity index (χ2v) is 12.7. The predicted octanol–water partition coefficient (Wildman–Crippen LogP) is 6.27. The topological polar surface area (TPSA) is 59.1 Å². The van der Waals surface area contributed by atoms with Crippen LogP contribution in [0.4, 0.5) is 0 Å². The van der Waals surface area contributed by atoms with Crippen molar-refractivity contribution in [1.29, 1.82) is 0 Å². The number of hydrogen-bond donors (Lipinski definition) is 0. The van der Waals surface area contributed by atoms with E-state index in [1.165, 1.54) is 18.1 Å². The van der Waals surface area contributed by atoms with E-state index in [0.29, 0.717) is 18.8 Å². The number of ether oxygens (including phenoxy) is 2. The molecular weight excluding hydrogens is 512 g/mol. The molecule has 1 saturated carbocycles. The summed E-state index contributed by atoms with van der Waals surface area (Å²) < 4.78 is 11.7. The molecule has 41 heavy (non-hydrogen) atoms. The molecule has 0 N–H and O–H groups in total. The number of hydrogen-bond acceptors (Lipinski definition) is 5. The minimum absolute atomic E-state index is 0.0180. The van der Waals surface area contributed by atoms with Crippen LogP contribution in [-0.2, 0) is 26.2 Å². The number of rotatable bonds is 12. The Labute approximate surface area is 247 Å². The quantitative estimate of drug-likeness (QED) is 0.226. The molecule has 0 spiro atoms. The number of aryl methyl sites for hydroxylation is 1. The molecule has 6 nitrogen and oxygen atoms in total. The molecule has 2 aromatic rings. The molecule has 1 heterocycles. The first-order valence-corrected chi connectivity index (χ1v) is 15.6. The van der Waals surface area contributed by atoms with Crippen LogP contribution in [-0.4, -0.2) is 67.6 Å². The van der Waals surface area contributed by atoms with Crippen LogP contribution in [0, 0.1) is 11.8 Å². The molecule has 4 atom stereocenters. The lowest BCUT2D eigenvalue weighted by Crippen LogP contribution is -2.62. The van der Waals surface area contributed by atoms with Gasteiger partial charge in [-0.05, 0) is 74.9 Å². The molecule has 0 aromatic heterocycles. The zero-order valence-electron chi connectivity index (χ0n) is 25.8. The average Bonchev–Trinajstić information content (AvgIpc) is 2.96. The van der Waals surface area contributed by atoms with Crippen molar-refractivity contribution in [1.82, 2.24) is 9.80 Å². The van der Waals surface area contributed by atoms with E-state index in [9.17, 15) is 9.59 Å². The fourth-order valence-electron chi connectivity index (χ4n) is 7.25. The van der Waals surface area contributed by atoms with Gasteiger partial charge in [0, 0.05) is 50.2 Å². The summed E-state index contributed by atoms with van der Waals surface area (Å²) in [4.78, 5) is 30.8. The molecule has 6 heteroatoms. The van der Waals surface area contributed by atoms with Crippen molar-refractivity contribution in [3.8, 4) is 5.75 Å². The van der Waals surface area contributed by atoms with E-state index in [1.54, 1.807) is 7.11 Å². The summed E-state index contributed by atoms with van der Waals surface area (Å²) in [6.45, 7) is 8.43. The SMILES string of the molecule is COc1cccc([C@@]23CCN(C)C[C@H]2C(OC(C)=O)C[C@H](N(CC(C)C)C(=O)CCCCCc2ccccc2)C3)c1. The van der Waals surface area contributed by atoms with Crippen LogP contribution in [0.5, 0.6) is 5.75 Å². The fourth-order valence-corrected chi connectivity index (χ4v) is 7.25. The van der Waals surface area contributed by atoms with E-state index in [4.69, 9.17) is 9.47 Å². The second kappa shape index (κ2) is 14.4. The third-order valence-electron chi connectivity index (χ3n) is 9.19. The summed E-state index contributed by atoms with van der Waals surface area (Å²) in [6, 6.07) is 19.0. The number of likely N-dealkylation sites (tertiary alicyclic amines) is 1. The standard InChI is InChI=1S/C35H50N2O4/c1-26(2)24-37(34(39)18-11-7-10-15-28-13-8-6-9-14-28)30-22-33(41-27(3)38)32-25-36(4)20-19-35(32,23-30)29-16-12-17-31(21-29)40-5/h6,8-9,12-14,16-17,21,26,30,32-33H,7,10-11,15,18-20,22-25H2,1-5H3/t30-,32-,33?,35-/m0/s1. The van der Waals surface area contributed by atoms with E-state index in [1.807, 2.05) is 6.07 Å². The van der Waals surface area contributed by atoms with Crippen LogP contribution < -0.4 is 4.74 Å². The van der Waals surface area contributed by atoms with E-state index in [-0.39, 0.29) is 35.4 Å². The van der Waals surface area contributed by atoms with Gasteiger partial charge in [-0.15, -0.1) is 0 Å². The van der Waals surface area contributed by atoms with Gasteiger partial charge in [0.1, 0.15) is 11.9 Å². The highest BCUT2D eigenvalue weighted by Crippen LogP contribution is 2.51. The van der Waals surface area contributed by atoms with Crippen molar-refractivity contribution in [3.63, 3.8) is 0 Å². The Balaban J connectivity index is 1.56. The van der Waals surface area contributed by atoms with Gasteiger partial charge in [0.15, 0.2) is 0 Å². The molecule has 1 unspecified atom stereocenters. The van der Waals surface area contributed by atoms with E-state index in [0.717, 1.165) is 63.9 Å². The van der Waals surface area contributed by atoms with Crippen LogP contribution in [0.2, 0.25) is 0 Å². The lowest BCUT2D eigenvalue weighted by Gasteiger charge is -2.56. The van der Waals surface area contributed by atoms with E-state index >= 15 is 0 Å². The lowest BCUT2D eigenvalue weighted by atomic mass is 9.56. The fraction of sp³-hybridized carbons (Fsp3) is 0.600. The Bertz CT molecular complexity index is 1140. The highest BCUT2D eigenvalue weighted by molar-refractivity contribution is 5.76. The maximum absolute atomic E-state index is 13.9. The first-order valence-electron chi connectivity index (χ1n) is 15.6. The van der Waals surface area contributed by atoms with Crippen molar-refractivity contribution in [2.45, 2.75) is 89.7 Å². The smallest absolute Gasteiger partial charge is 0.302 e. The number of unbranched alkanes of at least 4 members (excludes halogenated alkanes) is 2. The summed E-state index contributed by atoms with van der Waals surface area (Å²) in [5, 5.41) is 0. The maximum Gasteiger partial charge on any atom is 0.302 e. The molecule has 1 aliphatic heterocycles. The van der Waals surface area contributed by atoms with Crippen molar-refractivity contribution in [2.24, 2.45) is 11.8 Å². The van der Waals surface area contributed by atoms with Gasteiger partial charge in [0.05, 0.1) is 7.11 Å². The summed E-state index contributed by atoms with van der Waals surface area (Å²) >= 11 is 0. The Morgan fingerprint density at radius 1 is 1.07 bits per heavy atom.